The smallest absolute Gasteiger partial charge is 0.311 e. The molecule has 28 heavy (non-hydrogen) atoms. The molecule has 0 saturated heterocycles. The summed E-state index contributed by atoms with van der Waals surface area (Å²) >= 11 is 0. The predicted molar refractivity (Wildman–Crippen MR) is 105 cm³/mol. The number of ether oxygens (including phenoxy) is 1. The van der Waals surface area contributed by atoms with Crippen LogP contribution in [0.4, 0.5) is 0 Å². The van der Waals surface area contributed by atoms with E-state index in [0.29, 0.717) is 19.4 Å². The van der Waals surface area contributed by atoms with Crippen LogP contribution in [0.2, 0.25) is 0 Å². The van der Waals surface area contributed by atoms with E-state index in [2.05, 4.69) is 12.2 Å². The highest BCUT2D eigenvalue weighted by molar-refractivity contribution is 7.85. The Kier molecular flexibility index (Phi) is 11.4. The molecule has 0 radical (unpaired) electrons. The lowest BCUT2D eigenvalue weighted by atomic mass is 10.1. The van der Waals surface area contributed by atoms with Gasteiger partial charge in [0.25, 0.3) is 0 Å². The standard InChI is InChI=1S/C20H31NO6S/c1-2-3-4-5-7-10-19(22)21-16-9-6-8-11-20(23)27-17-12-14-18(15-13-17)28(24,25)26/h12-15H,2-11,16H2,1H3,(H,21,22)(H,24,25,26)/p-1. The molecule has 0 atom stereocenters. The van der Waals surface area contributed by atoms with Crippen LogP contribution >= 0.6 is 0 Å². The number of carbonyl (C=O) groups is 2. The number of benzene rings is 1. The zero-order valence-electron chi connectivity index (χ0n) is 16.4. The van der Waals surface area contributed by atoms with Gasteiger partial charge in [0.2, 0.25) is 5.91 Å². The van der Waals surface area contributed by atoms with Gasteiger partial charge in [0.15, 0.2) is 0 Å². The molecular formula is C20H30NO6S-. The first-order valence-electron chi connectivity index (χ1n) is 9.86. The van der Waals surface area contributed by atoms with E-state index < -0.39 is 16.1 Å². The van der Waals surface area contributed by atoms with Crippen molar-refractivity contribution in [3.63, 3.8) is 0 Å². The summed E-state index contributed by atoms with van der Waals surface area (Å²) in [5.74, 6) is -0.142. The molecule has 0 aliphatic heterocycles. The maximum Gasteiger partial charge on any atom is 0.311 e. The average Bonchev–Trinajstić information content (AvgIpc) is 2.64. The summed E-state index contributed by atoms with van der Waals surface area (Å²) < 4.78 is 37.6. The van der Waals surface area contributed by atoms with E-state index >= 15 is 0 Å². The highest BCUT2D eigenvalue weighted by atomic mass is 32.2. The van der Waals surface area contributed by atoms with Gasteiger partial charge in [0.05, 0.1) is 4.90 Å². The Morgan fingerprint density at radius 3 is 2.18 bits per heavy atom. The molecule has 1 aromatic rings. The van der Waals surface area contributed by atoms with E-state index in [9.17, 15) is 22.6 Å². The molecule has 0 aromatic heterocycles. The second kappa shape index (κ2) is 13.3. The van der Waals surface area contributed by atoms with Crippen molar-refractivity contribution in [3.8, 4) is 5.75 Å². The normalized spacial score (nSPS) is 11.2. The van der Waals surface area contributed by atoms with Gasteiger partial charge in [-0.2, -0.15) is 0 Å². The minimum atomic E-state index is -4.51. The quantitative estimate of drug-likeness (QED) is 0.216. The van der Waals surface area contributed by atoms with Gasteiger partial charge in [-0.1, -0.05) is 39.0 Å². The lowest BCUT2D eigenvalue weighted by Crippen LogP contribution is -2.24. The molecule has 1 N–H and O–H groups in total. The molecule has 8 heteroatoms. The largest absolute Gasteiger partial charge is 0.744 e. The van der Waals surface area contributed by atoms with E-state index in [-0.39, 0.29) is 23.0 Å². The molecule has 0 aliphatic carbocycles. The lowest BCUT2D eigenvalue weighted by Gasteiger charge is -2.08. The third-order valence-electron chi connectivity index (χ3n) is 4.23. The molecule has 0 bridgehead atoms. The van der Waals surface area contributed by atoms with Gasteiger partial charge in [-0.3, -0.25) is 9.59 Å². The topological polar surface area (TPSA) is 113 Å². The van der Waals surface area contributed by atoms with Gasteiger partial charge in [-0.05, 0) is 43.5 Å². The average molecular weight is 413 g/mol. The third kappa shape index (κ3) is 11.0. The van der Waals surface area contributed by atoms with Crippen molar-refractivity contribution in [2.24, 2.45) is 0 Å². The zero-order valence-corrected chi connectivity index (χ0v) is 17.3. The second-order valence-electron chi connectivity index (χ2n) is 6.72. The Hall–Kier alpha value is -1.93. The van der Waals surface area contributed by atoms with Crippen molar-refractivity contribution in [3.05, 3.63) is 24.3 Å². The van der Waals surface area contributed by atoms with E-state index in [1.807, 2.05) is 0 Å². The lowest BCUT2D eigenvalue weighted by molar-refractivity contribution is -0.134. The van der Waals surface area contributed by atoms with Crippen molar-refractivity contribution in [1.82, 2.24) is 5.32 Å². The number of unbranched alkanes of at least 4 members (excludes halogenated alkanes) is 6. The Labute approximate surface area is 167 Å². The summed E-state index contributed by atoms with van der Waals surface area (Å²) in [5.41, 5.74) is 0. The summed E-state index contributed by atoms with van der Waals surface area (Å²) in [7, 11) is -4.51. The van der Waals surface area contributed by atoms with Gasteiger partial charge in [0.1, 0.15) is 15.9 Å². The molecule has 1 amide bonds. The first-order valence-corrected chi connectivity index (χ1v) is 11.3. The molecule has 0 saturated carbocycles. The highest BCUT2D eigenvalue weighted by Gasteiger charge is 2.07. The SMILES string of the molecule is CCCCCCCC(=O)NCCCCCC(=O)Oc1ccc(S(=O)(=O)[O-])cc1. The molecule has 0 heterocycles. The molecule has 0 unspecified atom stereocenters. The summed E-state index contributed by atoms with van der Waals surface area (Å²) in [4.78, 5) is 23.1. The van der Waals surface area contributed by atoms with Crippen molar-refractivity contribution in [2.45, 2.75) is 76.0 Å². The van der Waals surface area contributed by atoms with Crippen molar-refractivity contribution >= 4 is 22.0 Å². The van der Waals surface area contributed by atoms with Crippen molar-refractivity contribution < 1.29 is 27.3 Å². The second-order valence-corrected chi connectivity index (χ2v) is 8.10. The van der Waals surface area contributed by atoms with Crippen molar-refractivity contribution in [1.29, 1.82) is 0 Å². The summed E-state index contributed by atoms with van der Waals surface area (Å²) in [5, 5.41) is 2.89. The van der Waals surface area contributed by atoms with Gasteiger partial charge >= 0.3 is 5.97 Å². The zero-order chi connectivity index (χ0) is 20.8. The van der Waals surface area contributed by atoms with Gasteiger partial charge in [-0.25, -0.2) is 8.42 Å². The first kappa shape index (κ1) is 24.1. The first-order chi connectivity index (χ1) is 13.3. The number of rotatable bonds is 14. The predicted octanol–water partition coefficient (Wildman–Crippen LogP) is 3.53. The van der Waals surface area contributed by atoms with Crippen LogP contribution in [-0.4, -0.2) is 31.4 Å². The summed E-state index contributed by atoms with van der Waals surface area (Å²) in [6, 6.07) is 4.77. The maximum atomic E-state index is 11.8. The number of hydrogen-bond donors (Lipinski definition) is 1. The molecular weight excluding hydrogens is 382 g/mol. The third-order valence-corrected chi connectivity index (χ3v) is 5.08. The Morgan fingerprint density at radius 1 is 0.929 bits per heavy atom. The van der Waals surface area contributed by atoms with E-state index in [0.717, 1.165) is 37.8 Å². The number of hydrogen-bond acceptors (Lipinski definition) is 6. The fourth-order valence-electron chi connectivity index (χ4n) is 2.63. The van der Waals surface area contributed by atoms with Crippen molar-refractivity contribution in [2.75, 3.05) is 6.54 Å². The van der Waals surface area contributed by atoms with Gasteiger partial charge < -0.3 is 14.6 Å². The highest BCUT2D eigenvalue weighted by Crippen LogP contribution is 2.16. The van der Waals surface area contributed by atoms with Gasteiger partial charge in [-0.15, -0.1) is 0 Å². The number of amides is 1. The Morgan fingerprint density at radius 2 is 1.54 bits per heavy atom. The Bertz CT molecular complexity index is 700. The molecule has 158 valence electrons. The molecule has 7 nitrogen and oxygen atoms in total. The molecule has 0 spiro atoms. The maximum absolute atomic E-state index is 11.8. The van der Waals surface area contributed by atoms with Crippen LogP contribution in [0.5, 0.6) is 5.75 Å². The summed E-state index contributed by atoms with van der Waals surface area (Å²) in [6.45, 7) is 2.77. The minimum Gasteiger partial charge on any atom is -0.744 e. The monoisotopic (exact) mass is 412 g/mol. The van der Waals surface area contributed by atoms with E-state index in [4.69, 9.17) is 4.74 Å². The summed E-state index contributed by atoms with van der Waals surface area (Å²) in [6.07, 6.45) is 8.65. The van der Waals surface area contributed by atoms with Crippen LogP contribution in [-0.2, 0) is 19.7 Å². The van der Waals surface area contributed by atoms with Crippen LogP contribution in [0.1, 0.15) is 71.1 Å². The number of carbonyl (C=O) groups excluding carboxylic acids is 2. The van der Waals surface area contributed by atoms with Crippen LogP contribution < -0.4 is 10.1 Å². The minimum absolute atomic E-state index is 0.0828. The molecule has 0 fully saturated rings. The van der Waals surface area contributed by atoms with Gasteiger partial charge in [0, 0.05) is 19.4 Å². The fourth-order valence-corrected chi connectivity index (χ4v) is 3.10. The van der Waals surface area contributed by atoms with Crippen LogP contribution in [0.3, 0.4) is 0 Å². The van der Waals surface area contributed by atoms with Crippen LogP contribution in [0.25, 0.3) is 0 Å². The van der Waals surface area contributed by atoms with E-state index in [1.165, 1.54) is 31.4 Å². The molecule has 1 rings (SSSR count). The number of nitrogens with one attached hydrogen (secondary N) is 1. The van der Waals surface area contributed by atoms with E-state index in [1.54, 1.807) is 0 Å². The fraction of sp³-hybridized carbons (Fsp3) is 0.600. The van der Waals surface area contributed by atoms with Crippen LogP contribution in [0.15, 0.2) is 29.2 Å². The molecule has 1 aromatic carbocycles. The Balaban J connectivity index is 2.08. The van der Waals surface area contributed by atoms with Crippen LogP contribution in [0, 0.1) is 0 Å². The number of esters is 1. The molecule has 0 aliphatic rings.